The average Bonchev–Trinajstić information content (AvgIpc) is 2.89. The zero-order valence-electron chi connectivity index (χ0n) is 13.5. The number of aryl methyl sites for hydroxylation is 1. The maximum absolute atomic E-state index is 14.3. The van der Waals surface area contributed by atoms with Crippen molar-refractivity contribution in [3.8, 4) is 5.69 Å². The lowest BCUT2D eigenvalue weighted by molar-refractivity contribution is -0.140. The first kappa shape index (κ1) is 18.6. The van der Waals surface area contributed by atoms with Crippen LogP contribution in [0.25, 0.3) is 16.6 Å². The second-order valence-electron chi connectivity index (χ2n) is 5.79. The molecule has 0 unspecified atom stereocenters. The van der Waals surface area contributed by atoms with E-state index < -0.39 is 23.5 Å². The topological polar surface area (TPSA) is 30.7 Å². The zero-order chi connectivity index (χ0) is 19.1. The highest BCUT2D eigenvalue weighted by Gasteiger charge is 2.36. The maximum atomic E-state index is 14.3. The summed E-state index contributed by atoms with van der Waals surface area (Å²) in [5.74, 6) is -2.22. The summed E-state index contributed by atoms with van der Waals surface area (Å²) in [7, 11) is 0. The molecule has 9 heteroatoms. The van der Waals surface area contributed by atoms with Gasteiger partial charge in [-0.05, 0) is 36.6 Å². The van der Waals surface area contributed by atoms with Crippen LogP contribution >= 0.6 is 11.6 Å². The number of alkyl halides is 3. The highest BCUT2D eigenvalue weighted by atomic mass is 35.5. The Balaban J connectivity index is 2.25. The number of aromatic nitrogens is 3. The number of fused-ring (bicyclic) bond motifs is 1. The molecule has 2 heterocycles. The first-order valence-electron chi connectivity index (χ1n) is 7.82. The summed E-state index contributed by atoms with van der Waals surface area (Å²) in [6, 6.07) is 3.09. The Morgan fingerprint density at radius 3 is 2.54 bits per heavy atom. The molecule has 1 aromatic carbocycles. The third-order valence-corrected chi connectivity index (χ3v) is 4.18. The summed E-state index contributed by atoms with van der Waals surface area (Å²) in [4.78, 5) is 3.81. The molecule has 0 saturated carbocycles. The smallest absolute Gasteiger partial charge is 0.242 e. The fourth-order valence-corrected chi connectivity index (χ4v) is 2.85. The van der Waals surface area contributed by atoms with Gasteiger partial charge in [-0.25, -0.2) is 14.1 Å². The second-order valence-corrected chi connectivity index (χ2v) is 6.18. The van der Waals surface area contributed by atoms with E-state index in [0.717, 1.165) is 4.68 Å². The molecule has 0 N–H and O–H groups in total. The largest absolute Gasteiger partial charge is 0.419 e. The first-order valence-corrected chi connectivity index (χ1v) is 8.20. The van der Waals surface area contributed by atoms with Crippen molar-refractivity contribution in [3.05, 3.63) is 52.4 Å². The van der Waals surface area contributed by atoms with Crippen LogP contribution in [0.15, 0.2) is 24.4 Å². The van der Waals surface area contributed by atoms with Crippen LogP contribution in [0.3, 0.4) is 0 Å². The van der Waals surface area contributed by atoms with Crippen LogP contribution in [0.1, 0.15) is 30.9 Å². The van der Waals surface area contributed by atoms with E-state index >= 15 is 0 Å². The molecule has 0 radical (unpaired) electrons. The summed E-state index contributed by atoms with van der Waals surface area (Å²) in [6.45, 7) is 1.85. The standard InChI is InChI=1S/C17H13ClF5N3/c1-2-3-4-9-5-10(6-12(15(9)19)17(21,22)23)26-13-8-24-14(18)7-11(13)16(20)25-26/h5-8H,2-4H2,1H3. The van der Waals surface area contributed by atoms with Crippen LogP contribution in [0, 0.1) is 11.8 Å². The number of rotatable bonds is 4. The Kier molecular flexibility index (Phi) is 4.88. The SMILES string of the molecule is CCCCc1cc(-n2nc(F)c3cc(Cl)ncc32)cc(C(F)(F)F)c1F. The van der Waals surface area contributed by atoms with E-state index in [1.165, 1.54) is 18.3 Å². The Labute approximate surface area is 150 Å². The van der Waals surface area contributed by atoms with Crippen molar-refractivity contribution in [2.24, 2.45) is 0 Å². The highest BCUT2D eigenvalue weighted by molar-refractivity contribution is 6.30. The lowest BCUT2D eigenvalue weighted by Crippen LogP contribution is -2.12. The van der Waals surface area contributed by atoms with Gasteiger partial charge in [-0.3, -0.25) is 0 Å². The molecule has 26 heavy (non-hydrogen) atoms. The average molecular weight is 390 g/mol. The molecule has 3 nitrogen and oxygen atoms in total. The Morgan fingerprint density at radius 1 is 1.15 bits per heavy atom. The number of pyridine rings is 1. The van der Waals surface area contributed by atoms with Crippen molar-refractivity contribution in [3.63, 3.8) is 0 Å². The molecular weight excluding hydrogens is 377 g/mol. The maximum Gasteiger partial charge on any atom is 0.419 e. The Bertz CT molecular complexity index is 965. The number of hydrogen-bond acceptors (Lipinski definition) is 2. The van der Waals surface area contributed by atoms with Crippen molar-refractivity contribution >= 4 is 22.5 Å². The molecule has 0 atom stereocenters. The number of halogens is 6. The molecule has 0 saturated heterocycles. The van der Waals surface area contributed by atoms with Crippen molar-refractivity contribution in [1.82, 2.24) is 14.8 Å². The van der Waals surface area contributed by atoms with Gasteiger partial charge in [0.05, 0.1) is 28.4 Å². The minimum absolute atomic E-state index is 0.0120. The van der Waals surface area contributed by atoms with Gasteiger partial charge in [0.1, 0.15) is 11.0 Å². The number of nitrogens with zero attached hydrogens (tertiary/aromatic N) is 3. The molecule has 0 spiro atoms. The van der Waals surface area contributed by atoms with Crippen LogP contribution in [0.2, 0.25) is 5.15 Å². The van der Waals surface area contributed by atoms with Crippen LogP contribution in [0.4, 0.5) is 22.0 Å². The van der Waals surface area contributed by atoms with E-state index in [2.05, 4.69) is 10.1 Å². The molecule has 0 amide bonds. The van der Waals surface area contributed by atoms with Gasteiger partial charge in [-0.1, -0.05) is 24.9 Å². The molecule has 0 aliphatic heterocycles. The van der Waals surface area contributed by atoms with Crippen molar-refractivity contribution in [1.29, 1.82) is 0 Å². The van der Waals surface area contributed by atoms with E-state index in [1.54, 1.807) is 0 Å². The van der Waals surface area contributed by atoms with Gasteiger partial charge in [0.15, 0.2) is 0 Å². The van der Waals surface area contributed by atoms with E-state index in [-0.39, 0.29) is 33.7 Å². The number of benzene rings is 1. The van der Waals surface area contributed by atoms with Crippen LogP contribution in [0.5, 0.6) is 0 Å². The van der Waals surface area contributed by atoms with Crippen molar-refractivity contribution < 1.29 is 22.0 Å². The molecule has 0 aliphatic rings. The van der Waals surface area contributed by atoms with Gasteiger partial charge in [0.2, 0.25) is 5.95 Å². The predicted octanol–water partition coefficient (Wildman–Crippen LogP) is 5.71. The lowest BCUT2D eigenvalue weighted by atomic mass is 10.0. The summed E-state index contributed by atoms with van der Waals surface area (Å²) in [5, 5.41) is 3.67. The summed E-state index contributed by atoms with van der Waals surface area (Å²) in [5.41, 5.74) is -1.47. The van der Waals surface area contributed by atoms with Gasteiger partial charge < -0.3 is 0 Å². The lowest BCUT2D eigenvalue weighted by Gasteiger charge is -2.14. The second kappa shape index (κ2) is 6.83. The first-order chi connectivity index (χ1) is 12.2. The molecule has 0 fully saturated rings. The monoisotopic (exact) mass is 389 g/mol. The normalized spacial score (nSPS) is 12.1. The summed E-state index contributed by atoms with van der Waals surface area (Å²) >= 11 is 5.72. The number of unbranched alkanes of at least 4 members (excludes halogenated alkanes) is 1. The number of hydrogen-bond donors (Lipinski definition) is 0. The van der Waals surface area contributed by atoms with Crippen LogP contribution in [-0.2, 0) is 12.6 Å². The molecule has 2 aromatic heterocycles. The van der Waals surface area contributed by atoms with E-state index in [0.29, 0.717) is 18.9 Å². The molecule has 138 valence electrons. The third kappa shape index (κ3) is 3.38. The van der Waals surface area contributed by atoms with E-state index in [1.807, 2.05) is 6.92 Å². The van der Waals surface area contributed by atoms with Gasteiger partial charge >= 0.3 is 6.18 Å². The Hall–Kier alpha value is -2.22. The quantitative estimate of drug-likeness (QED) is 0.422. The predicted molar refractivity (Wildman–Crippen MR) is 87.4 cm³/mol. The van der Waals surface area contributed by atoms with Crippen molar-refractivity contribution in [2.45, 2.75) is 32.4 Å². The van der Waals surface area contributed by atoms with Crippen LogP contribution in [-0.4, -0.2) is 14.8 Å². The zero-order valence-corrected chi connectivity index (χ0v) is 14.3. The van der Waals surface area contributed by atoms with Crippen LogP contribution < -0.4 is 0 Å². The van der Waals surface area contributed by atoms with E-state index in [4.69, 9.17) is 11.6 Å². The minimum atomic E-state index is -4.88. The highest BCUT2D eigenvalue weighted by Crippen LogP contribution is 2.35. The molecule has 0 aliphatic carbocycles. The molecule has 0 bridgehead atoms. The Morgan fingerprint density at radius 2 is 1.88 bits per heavy atom. The summed E-state index contributed by atoms with van der Waals surface area (Å²) in [6.07, 6.45) is -2.35. The van der Waals surface area contributed by atoms with E-state index in [9.17, 15) is 22.0 Å². The van der Waals surface area contributed by atoms with Gasteiger partial charge in [0.25, 0.3) is 0 Å². The minimum Gasteiger partial charge on any atom is -0.242 e. The fraction of sp³-hybridized carbons (Fsp3) is 0.294. The fourth-order valence-electron chi connectivity index (χ4n) is 2.69. The summed E-state index contributed by atoms with van der Waals surface area (Å²) < 4.78 is 69.1. The molecular formula is C17H13ClF5N3. The van der Waals surface area contributed by atoms with Gasteiger partial charge in [0, 0.05) is 0 Å². The molecule has 3 rings (SSSR count). The van der Waals surface area contributed by atoms with Gasteiger partial charge in [-0.2, -0.15) is 17.6 Å². The molecule has 3 aromatic rings. The third-order valence-electron chi connectivity index (χ3n) is 3.97. The van der Waals surface area contributed by atoms with Crippen molar-refractivity contribution in [2.75, 3.05) is 0 Å². The van der Waals surface area contributed by atoms with Gasteiger partial charge in [-0.15, -0.1) is 5.10 Å².